The molecule has 8 heteroatoms. The molecule has 0 amide bonds. The fourth-order valence-corrected chi connectivity index (χ4v) is 8.81. The Balaban J connectivity index is 2.31. The fraction of sp³-hybridized carbons (Fsp3) is 0.942. The van der Waals surface area contributed by atoms with E-state index in [1.54, 1.807) is 0 Å². The van der Waals surface area contributed by atoms with E-state index >= 15 is 0 Å². The molecule has 1 heterocycles. The highest BCUT2D eigenvalue weighted by Crippen LogP contribution is 2.24. The van der Waals surface area contributed by atoms with Gasteiger partial charge in [0.1, 0.15) is 6.61 Å². The molecule has 1 rings (SSSR count). The van der Waals surface area contributed by atoms with Crippen molar-refractivity contribution in [3.8, 4) is 0 Å². The summed E-state index contributed by atoms with van der Waals surface area (Å²) in [5, 5.41) is 0. The number of rotatable bonds is 43. The first kappa shape index (κ1) is 56.3. The van der Waals surface area contributed by atoms with Crippen LogP contribution in [0.15, 0.2) is 0 Å². The third-order valence-corrected chi connectivity index (χ3v) is 13.0. The van der Waals surface area contributed by atoms with Crippen molar-refractivity contribution in [3.05, 3.63) is 0 Å². The van der Waals surface area contributed by atoms with Gasteiger partial charge >= 0.3 is 17.9 Å². The lowest BCUT2D eigenvalue weighted by atomic mass is 9.92. The van der Waals surface area contributed by atoms with E-state index in [1.165, 1.54) is 96.3 Å². The van der Waals surface area contributed by atoms with Crippen molar-refractivity contribution < 1.29 is 28.6 Å². The number of unbranched alkanes of at least 4 members (excludes halogenated alkanes) is 19. The highest BCUT2D eigenvalue weighted by molar-refractivity contribution is 5.72. The average Bonchev–Trinajstić information content (AvgIpc) is 3.23. The maximum Gasteiger partial charge on any atom is 0.308 e. The number of hydrogen-bond donors (Lipinski definition) is 0. The number of likely N-dealkylation sites (N-methyl/N-ethyl adjacent to an activating group) is 1. The lowest BCUT2D eigenvalue weighted by Crippen LogP contribution is -2.45. The largest absolute Gasteiger partial charge is 0.466 e. The second-order valence-corrected chi connectivity index (χ2v) is 18.7. The number of ether oxygens (including phenoxy) is 3. The predicted molar refractivity (Wildman–Crippen MR) is 252 cm³/mol. The van der Waals surface area contributed by atoms with Gasteiger partial charge in [-0.15, -0.1) is 0 Å². The van der Waals surface area contributed by atoms with Crippen LogP contribution >= 0.6 is 0 Å². The molecular formula is C52H100N2O6. The van der Waals surface area contributed by atoms with Crippen LogP contribution in [0.2, 0.25) is 0 Å². The zero-order chi connectivity index (χ0) is 43.7. The first-order valence-electron chi connectivity index (χ1n) is 26.2. The highest BCUT2D eigenvalue weighted by atomic mass is 16.5. The van der Waals surface area contributed by atoms with Crippen molar-refractivity contribution >= 4 is 17.9 Å². The van der Waals surface area contributed by atoms with Crippen molar-refractivity contribution in [1.82, 2.24) is 9.80 Å². The highest BCUT2D eigenvalue weighted by Gasteiger charge is 2.21. The van der Waals surface area contributed by atoms with Gasteiger partial charge in [-0.25, -0.2) is 0 Å². The molecule has 1 aliphatic rings. The Bertz CT molecular complexity index is 966. The molecule has 0 N–H and O–H groups in total. The van der Waals surface area contributed by atoms with Gasteiger partial charge in [-0.1, -0.05) is 175 Å². The minimum absolute atomic E-state index is 0.00133. The third kappa shape index (κ3) is 33.9. The van der Waals surface area contributed by atoms with Crippen LogP contribution in [0, 0.1) is 17.8 Å². The van der Waals surface area contributed by atoms with E-state index in [1.807, 2.05) is 0 Å². The molecular weight excluding hydrogens is 749 g/mol. The number of esters is 3. The van der Waals surface area contributed by atoms with E-state index in [-0.39, 0.29) is 23.8 Å². The molecule has 0 aromatic rings. The molecule has 354 valence electrons. The van der Waals surface area contributed by atoms with Gasteiger partial charge in [-0.05, 0) is 70.3 Å². The van der Waals surface area contributed by atoms with E-state index < -0.39 is 0 Å². The summed E-state index contributed by atoms with van der Waals surface area (Å²) >= 11 is 0. The molecule has 1 fully saturated rings. The summed E-state index contributed by atoms with van der Waals surface area (Å²) in [6.45, 7) is 15.6. The minimum atomic E-state index is -0.00255. The zero-order valence-corrected chi connectivity index (χ0v) is 40.6. The van der Waals surface area contributed by atoms with Crippen LogP contribution in [0.25, 0.3) is 0 Å². The SMILES string of the molecule is CCCCCC(CCCCC)CC(=O)OCCCCCCCCCC(CCCCCCCCOC(=O)CC(CCCCC)CCCCC)C(=O)OCCN1CCN(C)CC1. The first-order valence-corrected chi connectivity index (χ1v) is 26.2. The van der Waals surface area contributed by atoms with E-state index in [0.717, 1.165) is 135 Å². The second-order valence-electron chi connectivity index (χ2n) is 18.7. The maximum atomic E-state index is 13.3. The van der Waals surface area contributed by atoms with Crippen LogP contribution < -0.4 is 0 Å². The molecule has 0 aromatic heterocycles. The van der Waals surface area contributed by atoms with Gasteiger partial charge in [0, 0.05) is 45.6 Å². The molecule has 1 atom stereocenters. The standard InChI is InChI=1S/C52H100N2O6/c1-6-10-23-31-47(32-24-11-7-2)45-50(55)58-42-29-21-17-14-15-19-27-35-49(52(57)60-44-41-54-39-37-53(5)38-40-54)36-28-20-16-18-22-30-43-59-51(56)46-48(33-25-12-8-3)34-26-13-9-4/h47-49H,6-46H2,1-5H3. The number of nitrogens with zero attached hydrogens (tertiary/aromatic N) is 2. The fourth-order valence-electron chi connectivity index (χ4n) is 8.81. The number of carbonyl (C=O) groups excluding carboxylic acids is 3. The Labute approximate surface area is 372 Å². The van der Waals surface area contributed by atoms with Gasteiger partial charge in [0.05, 0.1) is 19.1 Å². The summed E-state index contributed by atoms with van der Waals surface area (Å²) in [6.07, 6.45) is 36.9. The molecule has 0 saturated carbocycles. The Morgan fingerprint density at radius 3 is 1.15 bits per heavy atom. The molecule has 1 saturated heterocycles. The van der Waals surface area contributed by atoms with E-state index in [9.17, 15) is 14.4 Å². The summed E-state index contributed by atoms with van der Waals surface area (Å²) in [5.41, 5.74) is 0. The molecule has 0 aliphatic carbocycles. The first-order chi connectivity index (χ1) is 29.3. The Morgan fingerprint density at radius 2 is 0.767 bits per heavy atom. The van der Waals surface area contributed by atoms with E-state index in [0.29, 0.717) is 44.5 Å². The Kier molecular flexibility index (Phi) is 38.8. The minimum Gasteiger partial charge on any atom is -0.466 e. The summed E-state index contributed by atoms with van der Waals surface area (Å²) in [4.78, 5) is 43.2. The van der Waals surface area contributed by atoms with Crippen LogP contribution in [0.5, 0.6) is 0 Å². The molecule has 60 heavy (non-hydrogen) atoms. The van der Waals surface area contributed by atoms with Crippen LogP contribution in [0.1, 0.15) is 240 Å². The quantitative estimate of drug-likeness (QED) is 0.0341. The topological polar surface area (TPSA) is 85.4 Å². The maximum absolute atomic E-state index is 13.3. The summed E-state index contributed by atoms with van der Waals surface area (Å²) in [6, 6.07) is 0. The lowest BCUT2D eigenvalue weighted by molar-refractivity contribution is -0.150. The van der Waals surface area contributed by atoms with Gasteiger partial charge in [-0.3, -0.25) is 19.3 Å². The van der Waals surface area contributed by atoms with E-state index in [2.05, 4.69) is 44.5 Å². The Morgan fingerprint density at radius 1 is 0.417 bits per heavy atom. The smallest absolute Gasteiger partial charge is 0.308 e. The molecule has 1 unspecified atom stereocenters. The summed E-state index contributed by atoms with van der Waals surface area (Å²) in [7, 11) is 2.17. The zero-order valence-electron chi connectivity index (χ0n) is 40.6. The Hall–Kier alpha value is -1.67. The summed E-state index contributed by atoms with van der Waals surface area (Å²) in [5.74, 6) is 0.979. The lowest BCUT2D eigenvalue weighted by Gasteiger charge is -2.32. The molecule has 8 nitrogen and oxygen atoms in total. The molecule has 0 bridgehead atoms. The van der Waals surface area contributed by atoms with Gasteiger partial charge in [0.25, 0.3) is 0 Å². The number of piperazine rings is 1. The average molecular weight is 849 g/mol. The normalized spacial score (nSPS) is 14.2. The molecule has 1 aliphatic heterocycles. The van der Waals surface area contributed by atoms with Crippen LogP contribution in [0.4, 0.5) is 0 Å². The monoisotopic (exact) mass is 849 g/mol. The predicted octanol–water partition coefficient (Wildman–Crippen LogP) is 13.7. The van der Waals surface area contributed by atoms with Crippen molar-refractivity contribution in [2.45, 2.75) is 240 Å². The van der Waals surface area contributed by atoms with Crippen molar-refractivity contribution in [3.63, 3.8) is 0 Å². The van der Waals surface area contributed by atoms with E-state index in [4.69, 9.17) is 14.2 Å². The van der Waals surface area contributed by atoms with Crippen molar-refractivity contribution in [2.75, 3.05) is 59.6 Å². The van der Waals surface area contributed by atoms with Gasteiger partial charge in [-0.2, -0.15) is 0 Å². The molecule has 0 spiro atoms. The van der Waals surface area contributed by atoms with Gasteiger partial charge in [0.2, 0.25) is 0 Å². The number of hydrogen-bond acceptors (Lipinski definition) is 8. The van der Waals surface area contributed by atoms with Crippen LogP contribution in [0.3, 0.4) is 0 Å². The second kappa shape index (κ2) is 41.3. The van der Waals surface area contributed by atoms with Crippen LogP contribution in [-0.4, -0.2) is 87.3 Å². The molecule has 0 radical (unpaired) electrons. The summed E-state index contributed by atoms with van der Waals surface area (Å²) < 4.78 is 17.2. The van der Waals surface area contributed by atoms with Crippen molar-refractivity contribution in [1.29, 1.82) is 0 Å². The molecule has 0 aromatic carbocycles. The van der Waals surface area contributed by atoms with Crippen LogP contribution in [-0.2, 0) is 28.6 Å². The van der Waals surface area contributed by atoms with Crippen molar-refractivity contribution in [2.24, 2.45) is 17.8 Å². The van der Waals surface area contributed by atoms with Gasteiger partial charge in [0.15, 0.2) is 0 Å². The van der Waals surface area contributed by atoms with Gasteiger partial charge < -0.3 is 19.1 Å². The third-order valence-electron chi connectivity index (χ3n) is 13.0. The number of carbonyl (C=O) groups is 3.